The van der Waals surface area contributed by atoms with E-state index < -0.39 is 0 Å². The number of hydrogen-bond acceptors (Lipinski definition) is 4. The van der Waals surface area contributed by atoms with Crippen LogP contribution in [0.15, 0.2) is 47.6 Å². The quantitative estimate of drug-likeness (QED) is 0.671. The van der Waals surface area contributed by atoms with Gasteiger partial charge in [0.2, 0.25) is 5.95 Å². The number of nitrogens with one attached hydrogen (secondary N) is 1. The van der Waals surface area contributed by atoms with Crippen molar-refractivity contribution in [3.63, 3.8) is 0 Å². The predicted octanol–water partition coefficient (Wildman–Crippen LogP) is 3.20. The Bertz CT molecular complexity index is 568. The molecular weight excluding hydrogens is 236 g/mol. The molecule has 0 saturated carbocycles. The van der Waals surface area contributed by atoms with Gasteiger partial charge in [-0.25, -0.2) is 15.4 Å². The lowest BCUT2D eigenvalue weighted by Crippen LogP contribution is -1.98. The van der Waals surface area contributed by atoms with E-state index in [9.17, 15) is 0 Å². The van der Waals surface area contributed by atoms with Crippen LogP contribution in [0.5, 0.6) is 0 Å². The van der Waals surface area contributed by atoms with Gasteiger partial charge in [0.15, 0.2) is 0 Å². The van der Waals surface area contributed by atoms with E-state index in [4.69, 9.17) is 0 Å². The normalized spacial score (nSPS) is 11.3. The fourth-order valence-corrected chi connectivity index (χ4v) is 1.63. The Morgan fingerprint density at radius 2 is 1.74 bits per heavy atom. The Hall–Kier alpha value is -2.49. The highest BCUT2D eigenvalue weighted by Gasteiger charge is 1.95. The van der Waals surface area contributed by atoms with E-state index in [1.165, 1.54) is 0 Å². The topological polar surface area (TPSA) is 50.2 Å². The first kappa shape index (κ1) is 13.0. The molecule has 0 amide bonds. The van der Waals surface area contributed by atoms with E-state index in [0.717, 1.165) is 17.0 Å². The largest absolute Gasteiger partial charge is 0.245 e. The molecule has 0 aliphatic heterocycles. The number of aryl methyl sites for hydroxylation is 2. The van der Waals surface area contributed by atoms with Gasteiger partial charge in [0, 0.05) is 17.6 Å². The molecule has 19 heavy (non-hydrogen) atoms. The molecule has 0 unspecified atom stereocenters. The maximum atomic E-state index is 4.23. The van der Waals surface area contributed by atoms with Crippen molar-refractivity contribution in [3.05, 3.63) is 59.4 Å². The number of nitrogens with zero attached hydrogens (tertiary/aromatic N) is 3. The molecule has 2 aromatic rings. The molecule has 0 aliphatic carbocycles. The molecule has 4 heteroatoms. The Labute approximate surface area is 112 Å². The maximum absolute atomic E-state index is 4.23. The number of anilines is 1. The summed E-state index contributed by atoms with van der Waals surface area (Å²) in [6.45, 7) is 3.86. The Morgan fingerprint density at radius 1 is 1.05 bits per heavy atom. The van der Waals surface area contributed by atoms with Gasteiger partial charge in [0.1, 0.15) is 0 Å². The minimum Gasteiger partial charge on any atom is -0.245 e. The fraction of sp³-hybridized carbons (Fsp3) is 0.133. The molecule has 0 spiro atoms. The van der Waals surface area contributed by atoms with Crippen molar-refractivity contribution >= 4 is 18.2 Å². The highest BCUT2D eigenvalue weighted by Crippen LogP contribution is 2.03. The molecular formula is C15H16N4. The molecule has 0 saturated heterocycles. The molecule has 1 aromatic heterocycles. The van der Waals surface area contributed by atoms with E-state index in [0.29, 0.717) is 5.95 Å². The van der Waals surface area contributed by atoms with Crippen molar-refractivity contribution in [1.29, 1.82) is 0 Å². The van der Waals surface area contributed by atoms with Gasteiger partial charge in [0.25, 0.3) is 0 Å². The number of hydrazone groups is 1. The summed E-state index contributed by atoms with van der Waals surface area (Å²) in [7, 11) is 0. The molecule has 0 aliphatic rings. The summed E-state index contributed by atoms with van der Waals surface area (Å²) in [6, 6.07) is 12.0. The van der Waals surface area contributed by atoms with Gasteiger partial charge >= 0.3 is 0 Å². The van der Waals surface area contributed by atoms with Gasteiger partial charge in [-0.3, -0.25) is 0 Å². The summed E-state index contributed by atoms with van der Waals surface area (Å²) in [5.74, 6) is 0.516. The van der Waals surface area contributed by atoms with Crippen LogP contribution in [-0.4, -0.2) is 16.2 Å². The van der Waals surface area contributed by atoms with Gasteiger partial charge < -0.3 is 0 Å². The second-order valence-corrected chi connectivity index (χ2v) is 4.13. The Morgan fingerprint density at radius 3 is 2.42 bits per heavy atom. The summed E-state index contributed by atoms with van der Waals surface area (Å²) in [6.07, 6.45) is 5.52. The number of hydrogen-bond donors (Lipinski definition) is 1. The Kier molecular flexibility index (Phi) is 4.39. The van der Waals surface area contributed by atoms with Crippen molar-refractivity contribution in [2.24, 2.45) is 5.10 Å². The SMILES string of the molecule is Cc1cc(C)nc(N/N=C\C=C\c2ccccc2)n1. The molecule has 0 atom stereocenters. The summed E-state index contributed by atoms with van der Waals surface area (Å²) in [5.41, 5.74) is 5.79. The minimum absolute atomic E-state index is 0.516. The van der Waals surface area contributed by atoms with E-state index in [2.05, 4.69) is 20.5 Å². The molecule has 4 nitrogen and oxygen atoms in total. The van der Waals surface area contributed by atoms with Crippen LogP contribution in [0.1, 0.15) is 17.0 Å². The first-order valence-corrected chi connectivity index (χ1v) is 6.07. The number of benzene rings is 1. The van der Waals surface area contributed by atoms with Crippen LogP contribution >= 0.6 is 0 Å². The smallest absolute Gasteiger partial charge is 0.243 e. The fourth-order valence-electron chi connectivity index (χ4n) is 1.63. The summed E-state index contributed by atoms with van der Waals surface area (Å²) >= 11 is 0. The van der Waals surface area contributed by atoms with E-state index in [-0.39, 0.29) is 0 Å². The monoisotopic (exact) mass is 252 g/mol. The number of aromatic nitrogens is 2. The Balaban J connectivity index is 1.92. The van der Waals surface area contributed by atoms with Crippen LogP contribution in [0.25, 0.3) is 6.08 Å². The van der Waals surface area contributed by atoms with E-state index in [1.54, 1.807) is 6.21 Å². The van der Waals surface area contributed by atoms with E-state index in [1.807, 2.05) is 62.4 Å². The number of rotatable bonds is 4. The molecule has 1 aromatic carbocycles. The third-order valence-electron chi connectivity index (χ3n) is 2.40. The zero-order chi connectivity index (χ0) is 13.5. The molecule has 1 N–H and O–H groups in total. The van der Waals surface area contributed by atoms with Crippen LogP contribution < -0.4 is 5.43 Å². The van der Waals surface area contributed by atoms with Gasteiger partial charge in [-0.2, -0.15) is 5.10 Å². The molecule has 2 rings (SSSR count). The maximum Gasteiger partial charge on any atom is 0.243 e. The van der Waals surface area contributed by atoms with Crippen molar-refractivity contribution in [1.82, 2.24) is 9.97 Å². The lowest BCUT2D eigenvalue weighted by atomic mass is 10.2. The standard InChI is InChI=1S/C15H16N4/c1-12-11-13(2)18-15(17-12)19-16-10-6-9-14-7-4-3-5-8-14/h3-11H,1-2H3,(H,17,18,19)/b9-6+,16-10-. The molecule has 96 valence electrons. The van der Waals surface area contributed by atoms with Crippen LogP contribution in [0.2, 0.25) is 0 Å². The molecule has 0 bridgehead atoms. The minimum atomic E-state index is 0.516. The van der Waals surface area contributed by atoms with Gasteiger partial charge in [0.05, 0.1) is 0 Å². The molecule has 0 radical (unpaired) electrons. The molecule has 1 heterocycles. The van der Waals surface area contributed by atoms with Crippen LogP contribution in [0.4, 0.5) is 5.95 Å². The van der Waals surface area contributed by atoms with Crippen LogP contribution in [0.3, 0.4) is 0 Å². The predicted molar refractivity (Wildman–Crippen MR) is 79.1 cm³/mol. The van der Waals surface area contributed by atoms with Gasteiger partial charge in [-0.05, 0) is 31.6 Å². The van der Waals surface area contributed by atoms with Crippen molar-refractivity contribution in [2.75, 3.05) is 5.43 Å². The first-order chi connectivity index (χ1) is 9.24. The van der Waals surface area contributed by atoms with Gasteiger partial charge in [-0.1, -0.05) is 36.4 Å². The van der Waals surface area contributed by atoms with E-state index >= 15 is 0 Å². The second kappa shape index (κ2) is 6.44. The highest BCUT2D eigenvalue weighted by atomic mass is 15.3. The van der Waals surface area contributed by atoms with Crippen molar-refractivity contribution in [2.45, 2.75) is 13.8 Å². The average molecular weight is 252 g/mol. The highest BCUT2D eigenvalue weighted by molar-refractivity contribution is 5.78. The number of allylic oxidation sites excluding steroid dienone is 1. The zero-order valence-corrected chi connectivity index (χ0v) is 11.0. The zero-order valence-electron chi connectivity index (χ0n) is 11.0. The van der Waals surface area contributed by atoms with Crippen LogP contribution in [0, 0.1) is 13.8 Å². The average Bonchev–Trinajstić information content (AvgIpc) is 2.38. The second-order valence-electron chi connectivity index (χ2n) is 4.13. The molecule has 0 fully saturated rings. The van der Waals surface area contributed by atoms with Crippen LogP contribution in [-0.2, 0) is 0 Å². The third-order valence-corrected chi connectivity index (χ3v) is 2.40. The first-order valence-electron chi connectivity index (χ1n) is 6.07. The lowest BCUT2D eigenvalue weighted by molar-refractivity contribution is 1.04. The van der Waals surface area contributed by atoms with Crippen molar-refractivity contribution < 1.29 is 0 Å². The van der Waals surface area contributed by atoms with Crippen molar-refractivity contribution in [3.8, 4) is 0 Å². The third kappa shape index (κ3) is 4.35. The summed E-state index contributed by atoms with van der Waals surface area (Å²) < 4.78 is 0. The lowest BCUT2D eigenvalue weighted by Gasteiger charge is -2.00. The summed E-state index contributed by atoms with van der Waals surface area (Å²) in [4.78, 5) is 8.46. The summed E-state index contributed by atoms with van der Waals surface area (Å²) in [5, 5.41) is 4.05. The van der Waals surface area contributed by atoms with Gasteiger partial charge in [-0.15, -0.1) is 0 Å².